The van der Waals surface area contributed by atoms with Gasteiger partial charge in [0.15, 0.2) is 0 Å². The molecule has 0 spiro atoms. The van der Waals surface area contributed by atoms with Gasteiger partial charge in [0.05, 0.1) is 10.2 Å². The zero-order chi connectivity index (χ0) is 25.2. The standard InChI is InChI=1S/C34H20N2OS/c37-30-17-16-24(26-11-6-18-35-33(26)30)32-21-8-2-1-7-20(21)19-28-22-9-5-10-27(23(22)14-15-25(28)32)34-36-29-12-3-4-13-31(29)38-34/h1-19,37H. The van der Waals surface area contributed by atoms with Crippen molar-refractivity contribution in [2.75, 3.05) is 0 Å². The van der Waals surface area contributed by atoms with Gasteiger partial charge in [0.1, 0.15) is 16.3 Å². The number of hydrogen-bond donors (Lipinski definition) is 1. The van der Waals surface area contributed by atoms with Crippen LogP contribution in [-0.2, 0) is 0 Å². The van der Waals surface area contributed by atoms with E-state index in [1.54, 1.807) is 23.6 Å². The molecular formula is C34H20N2OS. The van der Waals surface area contributed by atoms with E-state index in [0.717, 1.165) is 32.6 Å². The van der Waals surface area contributed by atoms with Crippen LogP contribution < -0.4 is 0 Å². The summed E-state index contributed by atoms with van der Waals surface area (Å²) in [5.74, 6) is 0.194. The third-order valence-corrected chi connectivity index (χ3v) is 8.51. The quantitative estimate of drug-likeness (QED) is 0.188. The average Bonchev–Trinajstić information content (AvgIpc) is 3.40. The second-order valence-electron chi connectivity index (χ2n) is 9.55. The topological polar surface area (TPSA) is 46.0 Å². The lowest BCUT2D eigenvalue weighted by Crippen LogP contribution is -1.90. The third-order valence-electron chi connectivity index (χ3n) is 7.44. The highest BCUT2D eigenvalue weighted by Gasteiger charge is 2.17. The van der Waals surface area contributed by atoms with Crippen LogP contribution in [0.15, 0.2) is 115 Å². The van der Waals surface area contributed by atoms with Gasteiger partial charge in [-0.2, -0.15) is 0 Å². The van der Waals surface area contributed by atoms with E-state index >= 15 is 0 Å². The Morgan fingerprint density at radius 2 is 1.39 bits per heavy atom. The molecule has 0 saturated carbocycles. The van der Waals surface area contributed by atoms with Crippen LogP contribution in [-0.4, -0.2) is 15.1 Å². The van der Waals surface area contributed by atoms with Crippen molar-refractivity contribution in [1.82, 2.24) is 9.97 Å². The zero-order valence-corrected chi connectivity index (χ0v) is 21.0. The van der Waals surface area contributed by atoms with E-state index < -0.39 is 0 Å². The lowest BCUT2D eigenvalue weighted by molar-refractivity contribution is 0.480. The molecule has 0 aliphatic heterocycles. The number of fused-ring (bicyclic) bond motifs is 6. The number of pyridine rings is 1. The minimum absolute atomic E-state index is 0.194. The van der Waals surface area contributed by atoms with E-state index in [-0.39, 0.29) is 5.75 Å². The molecule has 0 aliphatic carbocycles. The number of benzene rings is 6. The summed E-state index contributed by atoms with van der Waals surface area (Å²) in [4.78, 5) is 9.44. The largest absolute Gasteiger partial charge is 0.506 e. The van der Waals surface area contributed by atoms with Gasteiger partial charge < -0.3 is 5.11 Å². The van der Waals surface area contributed by atoms with Crippen LogP contribution in [0.1, 0.15) is 0 Å². The number of aromatic nitrogens is 2. The highest BCUT2D eigenvalue weighted by Crippen LogP contribution is 2.44. The second kappa shape index (κ2) is 8.10. The summed E-state index contributed by atoms with van der Waals surface area (Å²) in [7, 11) is 0. The van der Waals surface area contributed by atoms with Crippen molar-refractivity contribution < 1.29 is 5.11 Å². The molecule has 3 nitrogen and oxygen atoms in total. The predicted molar refractivity (Wildman–Crippen MR) is 160 cm³/mol. The average molecular weight is 505 g/mol. The van der Waals surface area contributed by atoms with Gasteiger partial charge in [-0.25, -0.2) is 4.98 Å². The first kappa shape index (κ1) is 21.3. The summed E-state index contributed by atoms with van der Waals surface area (Å²) in [6, 6.07) is 37.9. The molecule has 8 aromatic rings. The fourth-order valence-corrected chi connectivity index (χ4v) is 6.75. The first-order valence-corrected chi connectivity index (χ1v) is 13.4. The minimum Gasteiger partial charge on any atom is -0.506 e. The predicted octanol–water partition coefficient (Wildman–Crippen LogP) is 9.34. The molecule has 1 N–H and O–H groups in total. The summed E-state index contributed by atoms with van der Waals surface area (Å²) >= 11 is 1.73. The van der Waals surface area contributed by atoms with E-state index in [9.17, 15) is 5.11 Å². The number of hydrogen-bond acceptors (Lipinski definition) is 4. The summed E-state index contributed by atoms with van der Waals surface area (Å²) in [6.45, 7) is 0. The van der Waals surface area contributed by atoms with Gasteiger partial charge in [-0.05, 0) is 79.8 Å². The van der Waals surface area contributed by atoms with Crippen LogP contribution in [0.3, 0.4) is 0 Å². The van der Waals surface area contributed by atoms with Crippen molar-refractivity contribution in [2.24, 2.45) is 0 Å². The van der Waals surface area contributed by atoms with Crippen LogP contribution >= 0.6 is 11.3 Å². The van der Waals surface area contributed by atoms with E-state index in [0.29, 0.717) is 5.52 Å². The van der Waals surface area contributed by atoms with Gasteiger partial charge in [0.25, 0.3) is 0 Å². The SMILES string of the molecule is Oc1ccc(-c2c3ccccc3cc3c2ccc2c(-c4nc5ccccc5s4)cccc23)c2cccnc12. The van der Waals surface area contributed by atoms with Crippen molar-refractivity contribution in [3.05, 3.63) is 115 Å². The molecule has 0 saturated heterocycles. The van der Waals surface area contributed by atoms with Gasteiger partial charge in [-0.1, -0.05) is 72.8 Å². The molecule has 0 atom stereocenters. The van der Waals surface area contributed by atoms with Crippen molar-refractivity contribution in [2.45, 2.75) is 0 Å². The van der Waals surface area contributed by atoms with E-state index in [4.69, 9.17) is 4.98 Å². The van der Waals surface area contributed by atoms with Crippen molar-refractivity contribution in [3.8, 4) is 27.4 Å². The molecule has 0 aliphatic rings. The second-order valence-corrected chi connectivity index (χ2v) is 10.6. The lowest BCUT2D eigenvalue weighted by Gasteiger charge is -2.16. The van der Waals surface area contributed by atoms with Crippen LogP contribution in [0.25, 0.3) is 75.1 Å². The monoisotopic (exact) mass is 504 g/mol. The first-order valence-electron chi connectivity index (χ1n) is 12.6. The molecule has 2 heterocycles. The number of thiazole rings is 1. The molecule has 6 aromatic carbocycles. The lowest BCUT2D eigenvalue weighted by atomic mass is 9.88. The smallest absolute Gasteiger partial charge is 0.141 e. The number of para-hydroxylation sites is 1. The van der Waals surface area contributed by atoms with E-state index in [1.165, 1.54) is 37.0 Å². The molecule has 4 heteroatoms. The third kappa shape index (κ3) is 3.07. The highest BCUT2D eigenvalue weighted by molar-refractivity contribution is 7.21. The fourth-order valence-electron chi connectivity index (χ4n) is 5.75. The zero-order valence-electron chi connectivity index (χ0n) is 20.2. The van der Waals surface area contributed by atoms with Crippen LogP contribution in [0, 0.1) is 0 Å². The minimum atomic E-state index is 0.194. The van der Waals surface area contributed by atoms with Crippen molar-refractivity contribution in [1.29, 1.82) is 0 Å². The van der Waals surface area contributed by atoms with Gasteiger partial charge in [-0.3, -0.25) is 4.98 Å². The van der Waals surface area contributed by atoms with Gasteiger partial charge in [0, 0.05) is 17.1 Å². The Morgan fingerprint density at radius 3 is 2.34 bits per heavy atom. The van der Waals surface area contributed by atoms with Gasteiger partial charge in [-0.15, -0.1) is 11.3 Å². The number of nitrogens with zero attached hydrogens (tertiary/aromatic N) is 2. The summed E-state index contributed by atoms with van der Waals surface area (Å²) in [5, 5.41) is 19.6. The summed E-state index contributed by atoms with van der Waals surface area (Å²) in [5.41, 5.74) is 5.02. The summed E-state index contributed by atoms with van der Waals surface area (Å²) < 4.78 is 1.20. The Hall–Kier alpha value is -4.80. The number of phenols is 1. The molecule has 178 valence electrons. The van der Waals surface area contributed by atoms with Crippen LogP contribution in [0.2, 0.25) is 0 Å². The van der Waals surface area contributed by atoms with Gasteiger partial charge >= 0.3 is 0 Å². The molecule has 0 bridgehead atoms. The van der Waals surface area contributed by atoms with Gasteiger partial charge in [0.2, 0.25) is 0 Å². The Morgan fingerprint density at radius 1 is 0.579 bits per heavy atom. The van der Waals surface area contributed by atoms with Crippen molar-refractivity contribution >= 4 is 64.8 Å². The molecule has 0 amide bonds. The number of rotatable bonds is 2. The van der Waals surface area contributed by atoms with E-state index in [1.807, 2.05) is 24.3 Å². The molecule has 0 radical (unpaired) electrons. The maximum absolute atomic E-state index is 10.5. The number of phenolic OH excluding ortho intramolecular Hbond substituents is 1. The van der Waals surface area contributed by atoms with Crippen LogP contribution in [0.5, 0.6) is 5.75 Å². The highest BCUT2D eigenvalue weighted by atomic mass is 32.1. The Balaban J connectivity index is 1.49. The maximum Gasteiger partial charge on any atom is 0.141 e. The molecule has 0 unspecified atom stereocenters. The maximum atomic E-state index is 10.5. The normalized spacial score (nSPS) is 11.8. The number of aromatic hydroxyl groups is 1. The molecule has 8 rings (SSSR count). The molecule has 0 fully saturated rings. The van der Waals surface area contributed by atoms with Crippen LogP contribution in [0.4, 0.5) is 0 Å². The Bertz CT molecular complexity index is 2180. The molecule has 38 heavy (non-hydrogen) atoms. The summed E-state index contributed by atoms with van der Waals surface area (Å²) in [6.07, 6.45) is 1.73. The molecule has 2 aromatic heterocycles. The Labute approximate surface area is 222 Å². The first-order chi connectivity index (χ1) is 18.8. The fraction of sp³-hybridized carbons (Fsp3) is 0. The van der Waals surface area contributed by atoms with E-state index in [2.05, 4.69) is 83.8 Å². The molecular weight excluding hydrogens is 484 g/mol. The Kier molecular flexibility index (Phi) is 4.54. The van der Waals surface area contributed by atoms with Crippen molar-refractivity contribution in [3.63, 3.8) is 0 Å².